The number of hydrogen-bond acceptors (Lipinski definition) is 2. The zero-order valence-corrected chi connectivity index (χ0v) is 7.47. The molecule has 0 spiro atoms. The van der Waals surface area contributed by atoms with E-state index in [9.17, 15) is 0 Å². The fraction of sp³-hybridized carbons (Fsp3) is 0.300. The summed E-state index contributed by atoms with van der Waals surface area (Å²) < 4.78 is 0. The largest absolute Gasteiger partial charge is 0.232 e. The van der Waals surface area contributed by atoms with Gasteiger partial charge in [0, 0.05) is 11.3 Å². The molecule has 1 nitrogen and oxygen atoms in total. The molecule has 0 saturated heterocycles. The normalized spacial score (nSPS) is 21.1. The SMILES string of the molecule is C#Cc1nc(C2C=CCC2)cs1. The van der Waals surface area contributed by atoms with E-state index in [4.69, 9.17) is 6.42 Å². The topological polar surface area (TPSA) is 12.9 Å². The predicted molar refractivity (Wildman–Crippen MR) is 51.2 cm³/mol. The van der Waals surface area contributed by atoms with Crippen LogP contribution in [0.4, 0.5) is 0 Å². The summed E-state index contributed by atoms with van der Waals surface area (Å²) in [5.41, 5.74) is 1.14. The van der Waals surface area contributed by atoms with Crippen molar-refractivity contribution in [3.05, 3.63) is 28.2 Å². The molecule has 0 fully saturated rings. The van der Waals surface area contributed by atoms with Crippen molar-refractivity contribution in [2.24, 2.45) is 0 Å². The van der Waals surface area contributed by atoms with Crippen molar-refractivity contribution in [1.82, 2.24) is 4.98 Å². The van der Waals surface area contributed by atoms with E-state index in [-0.39, 0.29) is 0 Å². The molecule has 0 N–H and O–H groups in total. The van der Waals surface area contributed by atoms with Crippen LogP contribution in [0.2, 0.25) is 0 Å². The molecule has 1 aromatic rings. The smallest absolute Gasteiger partial charge is 0.166 e. The Labute approximate surface area is 76.1 Å². The quantitative estimate of drug-likeness (QED) is 0.472. The highest BCUT2D eigenvalue weighted by Gasteiger charge is 2.14. The first-order chi connectivity index (χ1) is 5.90. The van der Waals surface area contributed by atoms with E-state index >= 15 is 0 Å². The van der Waals surface area contributed by atoms with Gasteiger partial charge in [0.2, 0.25) is 0 Å². The number of thiazole rings is 1. The molecule has 0 bridgehead atoms. The molecule has 0 amide bonds. The molecule has 1 heterocycles. The van der Waals surface area contributed by atoms with E-state index in [1.807, 2.05) is 0 Å². The van der Waals surface area contributed by atoms with Gasteiger partial charge in [-0.25, -0.2) is 4.98 Å². The van der Waals surface area contributed by atoms with E-state index < -0.39 is 0 Å². The maximum absolute atomic E-state index is 5.24. The summed E-state index contributed by atoms with van der Waals surface area (Å²) in [4.78, 5) is 4.34. The minimum Gasteiger partial charge on any atom is -0.232 e. The number of aromatic nitrogens is 1. The Kier molecular flexibility index (Phi) is 1.97. The van der Waals surface area contributed by atoms with Crippen LogP contribution >= 0.6 is 11.3 Å². The molecular formula is C10H9NS. The molecule has 60 valence electrons. The molecule has 1 unspecified atom stereocenters. The number of rotatable bonds is 1. The van der Waals surface area contributed by atoms with Gasteiger partial charge in [-0.3, -0.25) is 0 Å². The van der Waals surface area contributed by atoms with Gasteiger partial charge in [-0.15, -0.1) is 17.8 Å². The first kappa shape index (κ1) is 7.57. The van der Waals surface area contributed by atoms with Gasteiger partial charge in [-0.1, -0.05) is 12.2 Å². The summed E-state index contributed by atoms with van der Waals surface area (Å²) >= 11 is 1.56. The molecule has 1 aliphatic carbocycles. The van der Waals surface area contributed by atoms with Crippen molar-refractivity contribution in [3.8, 4) is 12.3 Å². The summed E-state index contributed by atoms with van der Waals surface area (Å²) in [7, 11) is 0. The van der Waals surface area contributed by atoms with Gasteiger partial charge < -0.3 is 0 Å². The van der Waals surface area contributed by atoms with Crippen molar-refractivity contribution in [2.75, 3.05) is 0 Å². The van der Waals surface area contributed by atoms with Crippen molar-refractivity contribution in [2.45, 2.75) is 18.8 Å². The molecule has 2 rings (SSSR count). The molecular weight excluding hydrogens is 166 g/mol. The summed E-state index contributed by atoms with van der Waals surface area (Å²) in [6.45, 7) is 0. The zero-order chi connectivity index (χ0) is 8.39. The number of nitrogens with zero attached hydrogens (tertiary/aromatic N) is 1. The van der Waals surface area contributed by atoms with E-state index in [0.717, 1.165) is 10.7 Å². The Balaban J connectivity index is 2.23. The Morgan fingerprint density at radius 1 is 1.67 bits per heavy atom. The third-order valence-electron chi connectivity index (χ3n) is 2.04. The van der Waals surface area contributed by atoms with Crippen LogP contribution in [0.15, 0.2) is 17.5 Å². The van der Waals surface area contributed by atoms with Crippen LogP contribution in [-0.2, 0) is 0 Å². The second kappa shape index (κ2) is 3.12. The van der Waals surface area contributed by atoms with Gasteiger partial charge >= 0.3 is 0 Å². The second-order valence-electron chi connectivity index (χ2n) is 2.83. The fourth-order valence-corrected chi connectivity index (χ4v) is 2.09. The van der Waals surface area contributed by atoms with Gasteiger partial charge in [-0.05, 0) is 18.8 Å². The summed E-state index contributed by atoms with van der Waals surface area (Å²) in [6, 6.07) is 0. The fourth-order valence-electron chi connectivity index (χ4n) is 1.40. The van der Waals surface area contributed by atoms with Crippen molar-refractivity contribution in [3.63, 3.8) is 0 Å². The van der Waals surface area contributed by atoms with Crippen LogP contribution in [0.3, 0.4) is 0 Å². The van der Waals surface area contributed by atoms with Crippen LogP contribution in [-0.4, -0.2) is 4.98 Å². The van der Waals surface area contributed by atoms with Crippen LogP contribution in [0.1, 0.15) is 29.5 Å². The molecule has 2 heteroatoms. The number of terminal acetylenes is 1. The molecule has 12 heavy (non-hydrogen) atoms. The highest BCUT2D eigenvalue weighted by Crippen LogP contribution is 2.28. The molecule has 0 saturated carbocycles. The minimum absolute atomic E-state index is 0.517. The van der Waals surface area contributed by atoms with E-state index in [1.165, 1.54) is 12.8 Å². The molecule has 0 radical (unpaired) electrons. The average Bonchev–Trinajstić information content (AvgIpc) is 2.75. The molecule has 1 atom stereocenters. The highest BCUT2D eigenvalue weighted by molar-refractivity contribution is 7.10. The Hall–Kier alpha value is -1.07. The summed E-state index contributed by atoms with van der Waals surface area (Å²) in [6.07, 6.45) is 12.0. The minimum atomic E-state index is 0.517. The average molecular weight is 175 g/mol. The number of hydrogen-bond donors (Lipinski definition) is 0. The molecule has 0 aromatic carbocycles. The Morgan fingerprint density at radius 2 is 2.58 bits per heavy atom. The maximum Gasteiger partial charge on any atom is 0.166 e. The Morgan fingerprint density at radius 3 is 3.17 bits per heavy atom. The van der Waals surface area contributed by atoms with E-state index in [0.29, 0.717) is 5.92 Å². The van der Waals surface area contributed by atoms with Crippen LogP contribution in [0.25, 0.3) is 0 Å². The molecule has 0 aliphatic heterocycles. The van der Waals surface area contributed by atoms with Crippen LogP contribution < -0.4 is 0 Å². The predicted octanol–water partition coefficient (Wildman–Crippen LogP) is 2.56. The second-order valence-corrected chi connectivity index (χ2v) is 3.69. The highest BCUT2D eigenvalue weighted by atomic mass is 32.1. The van der Waals surface area contributed by atoms with Gasteiger partial charge in [-0.2, -0.15) is 0 Å². The van der Waals surface area contributed by atoms with E-state index in [2.05, 4.69) is 28.4 Å². The lowest BCUT2D eigenvalue weighted by atomic mass is 10.1. The molecule has 1 aliphatic rings. The third-order valence-corrected chi connectivity index (χ3v) is 2.83. The maximum atomic E-state index is 5.24. The standard InChI is InChI=1S/C10H9NS/c1-2-10-11-9(7-12-10)8-5-3-4-6-8/h1,3,5,7-8H,4,6H2. The monoisotopic (exact) mass is 175 g/mol. The first-order valence-corrected chi connectivity index (χ1v) is 4.87. The summed E-state index contributed by atoms with van der Waals surface area (Å²) in [5, 5.41) is 2.86. The third kappa shape index (κ3) is 1.28. The van der Waals surface area contributed by atoms with Gasteiger partial charge in [0.25, 0.3) is 0 Å². The summed E-state index contributed by atoms with van der Waals surface area (Å²) in [5.74, 6) is 3.07. The zero-order valence-electron chi connectivity index (χ0n) is 6.66. The van der Waals surface area contributed by atoms with E-state index in [1.54, 1.807) is 11.3 Å². The first-order valence-electron chi connectivity index (χ1n) is 3.99. The lowest BCUT2D eigenvalue weighted by molar-refractivity contribution is 0.779. The van der Waals surface area contributed by atoms with Crippen LogP contribution in [0.5, 0.6) is 0 Å². The van der Waals surface area contributed by atoms with Gasteiger partial charge in [0.1, 0.15) is 0 Å². The van der Waals surface area contributed by atoms with Crippen molar-refractivity contribution >= 4 is 11.3 Å². The van der Waals surface area contributed by atoms with Crippen LogP contribution in [0, 0.1) is 12.3 Å². The van der Waals surface area contributed by atoms with Gasteiger partial charge in [0.15, 0.2) is 5.01 Å². The lowest BCUT2D eigenvalue weighted by Gasteiger charge is -2.00. The number of allylic oxidation sites excluding steroid dienone is 2. The van der Waals surface area contributed by atoms with Crippen molar-refractivity contribution < 1.29 is 0 Å². The van der Waals surface area contributed by atoms with Gasteiger partial charge in [0.05, 0.1) is 5.69 Å². The molecule has 1 aromatic heterocycles. The Bertz CT molecular complexity index is 343. The van der Waals surface area contributed by atoms with Crippen molar-refractivity contribution in [1.29, 1.82) is 0 Å². The lowest BCUT2D eigenvalue weighted by Crippen LogP contribution is -1.90.